The fourth-order valence-electron chi connectivity index (χ4n) is 3.88. The molecule has 0 bridgehead atoms. The molecule has 0 atom stereocenters. The number of hydrogen-bond acceptors (Lipinski definition) is 4. The first-order chi connectivity index (χ1) is 14.3. The molecule has 4 nitrogen and oxygen atoms in total. The Morgan fingerprint density at radius 1 is 1.00 bits per heavy atom. The predicted molar refractivity (Wildman–Crippen MR) is 125 cm³/mol. The number of alkyl halides is 1. The molecule has 0 saturated heterocycles. The van der Waals surface area contributed by atoms with E-state index in [2.05, 4.69) is 85.2 Å². The lowest BCUT2D eigenvalue weighted by Crippen LogP contribution is -2.66. The van der Waals surface area contributed by atoms with E-state index < -0.39 is 14.3 Å². The second kappa shape index (κ2) is 9.33. The summed E-state index contributed by atoms with van der Waals surface area (Å²) in [5.41, 5.74) is 0.426. The molecule has 30 heavy (non-hydrogen) atoms. The van der Waals surface area contributed by atoms with Crippen LogP contribution < -0.4 is 10.4 Å². The van der Waals surface area contributed by atoms with Crippen LogP contribution in [0.15, 0.2) is 71.1 Å². The van der Waals surface area contributed by atoms with Crippen LogP contribution in [0.1, 0.15) is 42.6 Å². The van der Waals surface area contributed by atoms with Crippen molar-refractivity contribution in [2.45, 2.75) is 37.7 Å². The quantitative estimate of drug-likeness (QED) is 0.266. The van der Waals surface area contributed by atoms with E-state index in [1.54, 1.807) is 6.07 Å². The second-order valence-electron chi connectivity index (χ2n) is 8.13. The van der Waals surface area contributed by atoms with Gasteiger partial charge in [-0.15, -0.1) is 0 Å². The van der Waals surface area contributed by atoms with Gasteiger partial charge in [0.2, 0.25) is 0 Å². The number of esters is 1. The summed E-state index contributed by atoms with van der Waals surface area (Å²) in [5, 5.41) is 2.69. The minimum Gasteiger partial charge on any atom is -0.465 e. The Bertz CT molecular complexity index is 938. The summed E-state index contributed by atoms with van der Waals surface area (Å²) in [6.45, 7) is 6.95. The van der Waals surface area contributed by atoms with Gasteiger partial charge in [0.1, 0.15) is 17.1 Å². The van der Waals surface area contributed by atoms with E-state index in [1.165, 1.54) is 17.5 Å². The zero-order valence-electron chi connectivity index (χ0n) is 17.8. The molecule has 3 aromatic rings. The smallest absolute Gasteiger partial charge is 0.341 e. The topological polar surface area (TPSA) is 48.7 Å². The molecule has 1 aromatic heterocycles. The van der Waals surface area contributed by atoms with Gasteiger partial charge in [0.05, 0.1) is 19.0 Å². The normalized spacial score (nSPS) is 12.0. The molecule has 0 aliphatic carbocycles. The van der Waals surface area contributed by atoms with E-state index in [0.29, 0.717) is 22.4 Å². The first kappa shape index (κ1) is 22.5. The number of halogens is 1. The van der Waals surface area contributed by atoms with Gasteiger partial charge in [-0.05, 0) is 21.5 Å². The summed E-state index contributed by atoms with van der Waals surface area (Å²) in [6.07, 6.45) is 0. The molecule has 6 heteroatoms. The fourth-order valence-corrected chi connectivity index (χ4v) is 8.81. The van der Waals surface area contributed by atoms with Crippen molar-refractivity contribution < 1.29 is 18.4 Å². The molecular formula is C24H27BrO4Si. The molecule has 2 aromatic carbocycles. The molecule has 0 N–H and O–H groups in total. The minimum absolute atomic E-state index is 0.133. The summed E-state index contributed by atoms with van der Waals surface area (Å²) in [7, 11) is -1.31. The van der Waals surface area contributed by atoms with Gasteiger partial charge in [-0.2, -0.15) is 0 Å². The van der Waals surface area contributed by atoms with Gasteiger partial charge >= 0.3 is 5.97 Å². The zero-order chi connectivity index (χ0) is 21.8. The van der Waals surface area contributed by atoms with Crippen molar-refractivity contribution in [3.8, 4) is 0 Å². The maximum absolute atomic E-state index is 12.1. The number of benzene rings is 2. The van der Waals surface area contributed by atoms with E-state index in [9.17, 15) is 4.79 Å². The van der Waals surface area contributed by atoms with Crippen LogP contribution >= 0.6 is 15.9 Å². The number of carbonyl (C=O) groups is 1. The molecule has 0 unspecified atom stereocenters. The van der Waals surface area contributed by atoms with E-state index in [4.69, 9.17) is 13.6 Å². The molecule has 0 aliphatic heterocycles. The number of carbonyl (C=O) groups excluding carboxylic acids is 1. The lowest BCUT2D eigenvalue weighted by molar-refractivity contribution is 0.0598. The van der Waals surface area contributed by atoms with Gasteiger partial charge in [0.25, 0.3) is 8.32 Å². The summed E-state index contributed by atoms with van der Waals surface area (Å²) in [6, 6.07) is 22.6. The molecule has 0 saturated carbocycles. The lowest BCUT2D eigenvalue weighted by atomic mass is 10.2. The molecule has 158 valence electrons. The molecule has 0 amide bonds. The maximum atomic E-state index is 12.1. The van der Waals surface area contributed by atoms with Crippen molar-refractivity contribution in [2.24, 2.45) is 0 Å². The molecular weight excluding hydrogens is 460 g/mol. The van der Waals surface area contributed by atoms with Crippen molar-refractivity contribution in [2.75, 3.05) is 7.11 Å². The maximum Gasteiger partial charge on any atom is 0.341 e. The van der Waals surface area contributed by atoms with Gasteiger partial charge in [-0.1, -0.05) is 97.4 Å². The Morgan fingerprint density at radius 3 is 1.97 bits per heavy atom. The Morgan fingerprint density at radius 2 is 1.53 bits per heavy atom. The highest BCUT2D eigenvalue weighted by Crippen LogP contribution is 2.37. The predicted octanol–water partition coefficient (Wildman–Crippen LogP) is 5.04. The summed E-state index contributed by atoms with van der Waals surface area (Å²) in [4.78, 5) is 12.1. The summed E-state index contributed by atoms with van der Waals surface area (Å²) < 4.78 is 17.7. The number of rotatable bonds is 7. The van der Waals surface area contributed by atoms with Crippen LogP contribution in [0.3, 0.4) is 0 Å². The van der Waals surface area contributed by atoms with Crippen molar-refractivity contribution in [1.82, 2.24) is 0 Å². The van der Waals surface area contributed by atoms with E-state index in [0.717, 1.165) is 0 Å². The van der Waals surface area contributed by atoms with Crippen LogP contribution in [0.4, 0.5) is 0 Å². The monoisotopic (exact) mass is 486 g/mol. The number of hydrogen-bond donors (Lipinski definition) is 0. The van der Waals surface area contributed by atoms with E-state index >= 15 is 0 Å². The number of methoxy groups -OCH3 is 1. The summed E-state index contributed by atoms with van der Waals surface area (Å²) in [5.74, 6) is 0.741. The van der Waals surface area contributed by atoms with Gasteiger partial charge in [0.15, 0.2) is 0 Å². The molecule has 1 heterocycles. The Labute approximate surface area is 187 Å². The van der Waals surface area contributed by atoms with Crippen LogP contribution in [0.25, 0.3) is 0 Å². The van der Waals surface area contributed by atoms with Crippen molar-refractivity contribution >= 4 is 40.6 Å². The molecule has 0 radical (unpaired) electrons. The molecule has 3 rings (SSSR count). The van der Waals surface area contributed by atoms with E-state index in [-0.39, 0.29) is 11.6 Å². The Hall–Kier alpha value is -2.15. The fraction of sp³-hybridized carbons (Fsp3) is 0.292. The second-order valence-corrected chi connectivity index (χ2v) is 13.0. The van der Waals surface area contributed by atoms with Crippen molar-refractivity contribution in [3.63, 3.8) is 0 Å². The molecule has 0 fully saturated rings. The van der Waals surface area contributed by atoms with Crippen LogP contribution in [0, 0.1) is 0 Å². The first-order valence-electron chi connectivity index (χ1n) is 9.84. The SMILES string of the molecule is COC(=O)c1cc(CO[Si](c2ccccc2)(c2ccccc2)C(C)(C)C)oc1CBr. The van der Waals surface area contributed by atoms with Crippen LogP contribution in [-0.2, 0) is 21.1 Å². The Balaban J connectivity index is 2.07. The average molecular weight is 487 g/mol. The number of ether oxygens (including phenoxy) is 1. The van der Waals surface area contributed by atoms with Crippen molar-refractivity contribution in [1.29, 1.82) is 0 Å². The largest absolute Gasteiger partial charge is 0.465 e. The third-order valence-corrected chi connectivity index (χ3v) is 10.7. The number of furan rings is 1. The third-order valence-electron chi connectivity index (χ3n) is 5.23. The first-order valence-corrected chi connectivity index (χ1v) is 12.9. The van der Waals surface area contributed by atoms with Crippen molar-refractivity contribution in [3.05, 3.63) is 83.8 Å². The Kier molecular flexibility index (Phi) is 7.01. The lowest BCUT2D eigenvalue weighted by Gasteiger charge is -2.42. The van der Waals surface area contributed by atoms with Gasteiger partial charge in [-0.3, -0.25) is 0 Å². The molecule has 0 spiro atoms. The van der Waals surface area contributed by atoms with Gasteiger partial charge in [-0.25, -0.2) is 4.79 Å². The minimum atomic E-state index is -2.67. The summed E-state index contributed by atoms with van der Waals surface area (Å²) >= 11 is 3.38. The van der Waals surface area contributed by atoms with Gasteiger partial charge in [0, 0.05) is 0 Å². The van der Waals surface area contributed by atoms with Crippen LogP contribution in [0.5, 0.6) is 0 Å². The standard InChI is InChI=1S/C24H27BrO4Si/c1-24(2,3)30(19-11-7-5-8-12-19,20-13-9-6-10-14-20)28-17-18-15-21(23(26)27-4)22(16-25)29-18/h5-15H,16-17H2,1-4H3. The third kappa shape index (κ3) is 4.31. The average Bonchev–Trinajstić information content (AvgIpc) is 3.17. The van der Waals surface area contributed by atoms with Gasteiger partial charge < -0.3 is 13.6 Å². The highest BCUT2D eigenvalue weighted by Gasteiger charge is 2.50. The van der Waals surface area contributed by atoms with Crippen LogP contribution in [0.2, 0.25) is 5.04 Å². The highest BCUT2D eigenvalue weighted by atomic mass is 79.9. The zero-order valence-corrected chi connectivity index (χ0v) is 20.4. The van der Waals surface area contributed by atoms with Crippen LogP contribution in [-0.4, -0.2) is 21.4 Å². The van der Waals surface area contributed by atoms with E-state index in [1.807, 2.05) is 12.1 Å². The highest BCUT2D eigenvalue weighted by molar-refractivity contribution is 9.08. The molecule has 0 aliphatic rings.